The van der Waals surface area contributed by atoms with Gasteiger partial charge in [-0.25, -0.2) is 4.39 Å². The van der Waals surface area contributed by atoms with E-state index in [1.54, 1.807) is 7.11 Å². The van der Waals surface area contributed by atoms with Crippen LogP contribution in [0.4, 0.5) is 4.39 Å². The molecule has 2 aromatic rings. The molecule has 4 atom stereocenters. The van der Waals surface area contributed by atoms with Gasteiger partial charge in [0.05, 0.1) is 26.4 Å². The normalized spacial score (nSPS) is 24.6. The Morgan fingerprint density at radius 2 is 1.39 bits per heavy atom. The average Bonchev–Trinajstić information content (AvgIpc) is 2.98. The van der Waals surface area contributed by atoms with E-state index in [0.717, 1.165) is 11.1 Å². The van der Waals surface area contributed by atoms with E-state index in [2.05, 4.69) is 0 Å². The van der Waals surface area contributed by atoms with E-state index in [1.807, 2.05) is 62.4 Å². The molecule has 0 radical (unpaired) electrons. The molecule has 1 unspecified atom stereocenters. The van der Waals surface area contributed by atoms with Crippen molar-refractivity contribution in [3.63, 3.8) is 0 Å². The van der Waals surface area contributed by atoms with Gasteiger partial charge in [-0.15, -0.1) is 0 Å². The Hall–Kier alpha value is -1.79. The van der Waals surface area contributed by atoms with E-state index in [-0.39, 0.29) is 13.2 Å². The van der Waals surface area contributed by atoms with Gasteiger partial charge in [0.15, 0.2) is 6.17 Å². The molecule has 1 aliphatic rings. The van der Waals surface area contributed by atoms with Crippen molar-refractivity contribution in [3.8, 4) is 0 Å². The van der Waals surface area contributed by atoms with Crippen LogP contribution >= 0.6 is 0 Å². The first kappa shape index (κ1) is 20.9. The van der Waals surface area contributed by atoms with E-state index in [4.69, 9.17) is 18.9 Å². The zero-order valence-corrected chi connectivity index (χ0v) is 16.8. The van der Waals surface area contributed by atoms with Crippen molar-refractivity contribution in [1.82, 2.24) is 0 Å². The molecule has 28 heavy (non-hydrogen) atoms. The fourth-order valence-corrected chi connectivity index (χ4v) is 3.28. The number of hydrogen-bond acceptors (Lipinski definition) is 4. The number of halogens is 1. The average molecular weight is 388 g/mol. The second-order valence-corrected chi connectivity index (χ2v) is 7.37. The van der Waals surface area contributed by atoms with Gasteiger partial charge >= 0.3 is 0 Å². The summed E-state index contributed by atoms with van der Waals surface area (Å²) in [5, 5.41) is 0. The van der Waals surface area contributed by atoms with Gasteiger partial charge in [0, 0.05) is 7.11 Å². The Balaban J connectivity index is 1.57. The van der Waals surface area contributed by atoms with E-state index in [9.17, 15) is 4.39 Å². The van der Waals surface area contributed by atoms with Crippen molar-refractivity contribution >= 4 is 0 Å². The second kappa shape index (κ2) is 10.1. The Morgan fingerprint density at radius 1 is 0.821 bits per heavy atom. The Kier molecular flexibility index (Phi) is 7.57. The Labute approximate surface area is 166 Å². The van der Waals surface area contributed by atoms with Gasteiger partial charge in [0.2, 0.25) is 0 Å². The molecule has 3 rings (SSSR count). The van der Waals surface area contributed by atoms with Crippen molar-refractivity contribution in [1.29, 1.82) is 0 Å². The van der Waals surface area contributed by atoms with Gasteiger partial charge < -0.3 is 18.9 Å². The molecule has 0 aliphatic carbocycles. The molecule has 5 heteroatoms. The molecule has 152 valence electrons. The summed E-state index contributed by atoms with van der Waals surface area (Å²) in [5.41, 5.74) is 4.47. The summed E-state index contributed by atoms with van der Waals surface area (Å²) in [6.07, 6.45) is -3.04. The summed E-state index contributed by atoms with van der Waals surface area (Å²) in [6.45, 7) is 5.33. The predicted octanol–water partition coefficient (Wildman–Crippen LogP) is 4.16. The zero-order chi connectivity index (χ0) is 19.9. The minimum absolute atomic E-state index is 0.194. The van der Waals surface area contributed by atoms with Gasteiger partial charge in [-0.1, -0.05) is 59.7 Å². The van der Waals surface area contributed by atoms with Crippen LogP contribution in [0.5, 0.6) is 0 Å². The van der Waals surface area contributed by atoms with Gasteiger partial charge in [-0.05, 0) is 25.0 Å². The van der Waals surface area contributed by atoms with Crippen LogP contribution in [-0.4, -0.2) is 44.8 Å². The van der Waals surface area contributed by atoms with Gasteiger partial charge in [-0.2, -0.15) is 0 Å². The van der Waals surface area contributed by atoms with E-state index in [0.29, 0.717) is 13.2 Å². The van der Waals surface area contributed by atoms with Crippen molar-refractivity contribution in [2.45, 2.75) is 51.5 Å². The lowest BCUT2D eigenvalue weighted by Crippen LogP contribution is -2.35. The minimum Gasteiger partial charge on any atom is -0.382 e. The molecular weight excluding hydrogens is 359 g/mol. The van der Waals surface area contributed by atoms with Crippen LogP contribution < -0.4 is 0 Å². The van der Waals surface area contributed by atoms with Crippen molar-refractivity contribution in [3.05, 3.63) is 70.8 Å². The summed E-state index contributed by atoms with van der Waals surface area (Å²) in [4.78, 5) is 0. The third-order valence-electron chi connectivity index (χ3n) is 4.95. The summed E-state index contributed by atoms with van der Waals surface area (Å²) >= 11 is 0. The number of rotatable bonds is 9. The first-order valence-electron chi connectivity index (χ1n) is 9.65. The van der Waals surface area contributed by atoms with Crippen LogP contribution in [0.2, 0.25) is 0 Å². The highest BCUT2D eigenvalue weighted by molar-refractivity contribution is 5.21. The highest BCUT2D eigenvalue weighted by Crippen LogP contribution is 2.28. The Morgan fingerprint density at radius 3 is 1.96 bits per heavy atom. The first-order chi connectivity index (χ1) is 13.6. The second-order valence-electron chi connectivity index (χ2n) is 7.37. The van der Waals surface area contributed by atoms with Crippen molar-refractivity contribution in [2.75, 3.05) is 20.3 Å². The molecule has 1 fully saturated rings. The van der Waals surface area contributed by atoms with E-state index in [1.165, 1.54) is 11.1 Å². The Bertz CT molecular complexity index is 716. The molecule has 1 saturated heterocycles. The molecule has 0 bridgehead atoms. The maximum Gasteiger partial charge on any atom is 0.157 e. The lowest BCUT2D eigenvalue weighted by molar-refractivity contribution is -0.0794. The zero-order valence-electron chi connectivity index (χ0n) is 16.8. The van der Waals surface area contributed by atoms with E-state index < -0.39 is 24.5 Å². The molecule has 0 aromatic heterocycles. The molecule has 0 amide bonds. The van der Waals surface area contributed by atoms with Crippen molar-refractivity contribution in [2.24, 2.45) is 0 Å². The fraction of sp³-hybridized carbons (Fsp3) is 0.478. The van der Waals surface area contributed by atoms with E-state index >= 15 is 0 Å². The molecule has 0 spiro atoms. The molecule has 4 nitrogen and oxygen atoms in total. The third-order valence-corrected chi connectivity index (χ3v) is 4.95. The SMILES string of the molecule is COCC1O[C@H](COCc2ccc(C)cc2)[C@@H](OCc2ccc(C)cc2)[C@@H]1F. The topological polar surface area (TPSA) is 36.9 Å². The summed E-state index contributed by atoms with van der Waals surface area (Å²) < 4.78 is 37.5. The van der Waals surface area contributed by atoms with Gasteiger partial charge in [0.1, 0.15) is 18.3 Å². The smallest absolute Gasteiger partial charge is 0.157 e. The number of alkyl halides is 1. The standard InChI is InChI=1S/C23H29FO4/c1-16-4-8-18(9-5-16)12-26-15-21-23(22(24)20(28-21)14-25-3)27-13-19-10-6-17(2)7-11-19/h4-11,20-23H,12-15H2,1-3H3/t20?,21-,22-,23-/m1/s1. The fourth-order valence-electron chi connectivity index (χ4n) is 3.28. The lowest BCUT2D eigenvalue weighted by atomic mass is 10.1. The number of aryl methyl sites for hydroxylation is 2. The third kappa shape index (κ3) is 5.61. The lowest BCUT2D eigenvalue weighted by Gasteiger charge is -2.20. The maximum atomic E-state index is 14.9. The van der Waals surface area contributed by atoms with Crippen LogP contribution in [0.3, 0.4) is 0 Å². The van der Waals surface area contributed by atoms with Crippen LogP contribution in [0, 0.1) is 13.8 Å². The highest BCUT2D eigenvalue weighted by Gasteiger charge is 2.46. The molecule has 1 aliphatic heterocycles. The number of hydrogen-bond donors (Lipinski definition) is 0. The minimum atomic E-state index is -1.25. The molecule has 0 saturated carbocycles. The van der Waals surface area contributed by atoms with Crippen LogP contribution in [0.25, 0.3) is 0 Å². The molecular formula is C23H29FO4. The largest absolute Gasteiger partial charge is 0.382 e. The predicted molar refractivity (Wildman–Crippen MR) is 106 cm³/mol. The number of benzene rings is 2. The molecule has 2 aromatic carbocycles. The van der Waals surface area contributed by atoms with Crippen LogP contribution in [0.15, 0.2) is 48.5 Å². The summed E-state index contributed by atoms with van der Waals surface area (Å²) in [7, 11) is 1.54. The van der Waals surface area contributed by atoms with Crippen LogP contribution in [-0.2, 0) is 32.2 Å². The number of ether oxygens (including phenoxy) is 4. The maximum absolute atomic E-state index is 14.9. The molecule has 0 N–H and O–H groups in total. The monoisotopic (exact) mass is 388 g/mol. The summed E-state index contributed by atoms with van der Waals surface area (Å²) in [6, 6.07) is 16.2. The quantitative estimate of drug-likeness (QED) is 0.646. The first-order valence-corrected chi connectivity index (χ1v) is 9.65. The summed E-state index contributed by atoms with van der Waals surface area (Å²) in [5.74, 6) is 0. The molecule has 1 heterocycles. The highest BCUT2D eigenvalue weighted by atomic mass is 19.1. The van der Waals surface area contributed by atoms with Gasteiger partial charge in [-0.3, -0.25) is 0 Å². The number of methoxy groups -OCH3 is 1. The van der Waals surface area contributed by atoms with Crippen LogP contribution in [0.1, 0.15) is 22.3 Å². The van der Waals surface area contributed by atoms with Crippen molar-refractivity contribution < 1.29 is 23.3 Å². The van der Waals surface area contributed by atoms with Gasteiger partial charge in [0.25, 0.3) is 0 Å².